The Balaban J connectivity index is 0.000000336. The third-order valence-electron chi connectivity index (χ3n) is 11.6. The summed E-state index contributed by atoms with van der Waals surface area (Å²) in [6.45, 7) is 10.7. The Bertz CT molecular complexity index is 3750. The summed E-state index contributed by atoms with van der Waals surface area (Å²) in [6, 6.07) is 35.3. The van der Waals surface area contributed by atoms with Gasteiger partial charge in [0.2, 0.25) is 0 Å². The molecule has 6 aromatic carbocycles. The van der Waals surface area contributed by atoms with Gasteiger partial charge >= 0.3 is 0 Å². The SMILES string of the molecule is CC(N)=NCc1ccc(OCCCOS(=O)(=O)c2ccc(C)cc2)c(Br)c1.CC(N)=NCc1ccc(OCCCOS(C)(=O)=O)c(Br)c1.CC(N)=NCc1ccc(OCCCOS(C)(=O)=O)c(Br)c1.NC(N)=NCc1ccc(OCCCOS(=O)(=O)c2ccc(Br)cc2)c(Br)c1. The molecule has 0 heterocycles. The molecule has 0 aliphatic carbocycles. The van der Waals surface area contributed by atoms with E-state index in [1.807, 2.05) is 73.7 Å². The number of nitrogens with zero attached hydrogens (tertiary/aromatic N) is 4. The zero-order valence-electron chi connectivity index (χ0n) is 53.6. The lowest BCUT2D eigenvalue weighted by molar-refractivity contribution is 0.249. The van der Waals surface area contributed by atoms with Crippen molar-refractivity contribution in [2.75, 3.05) is 65.4 Å². The van der Waals surface area contributed by atoms with Gasteiger partial charge in [-0.15, -0.1) is 0 Å². The van der Waals surface area contributed by atoms with Gasteiger partial charge in [-0.3, -0.25) is 31.7 Å². The number of aliphatic imine (C=N–C) groups is 4. The summed E-state index contributed by atoms with van der Waals surface area (Å²) in [5, 5.41) is 0. The van der Waals surface area contributed by atoms with Crippen molar-refractivity contribution in [2.45, 2.75) is 89.3 Å². The van der Waals surface area contributed by atoms with Crippen LogP contribution < -0.4 is 47.6 Å². The summed E-state index contributed by atoms with van der Waals surface area (Å²) >= 11 is 17.0. The molecule has 0 bridgehead atoms. The first-order valence-electron chi connectivity index (χ1n) is 28.9. The molecular weight excluding hydrogens is 1650 g/mol. The summed E-state index contributed by atoms with van der Waals surface area (Å²) in [4.78, 5) is 16.6. The highest BCUT2D eigenvalue weighted by Crippen LogP contribution is 2.30. The molecule has 0 amide bonds. The third kappa shape index (κ3) is 37.3. The Morgan fingerprint density at radius 3 is 0.875 bits per heavy atom. The van der Waals surface area contributed by atoms with Crippen molar-refractivity contribution in [2.24, 2.45) is 48.6 Å². The second-order valence-corrected chi connectivity index (χ2v) is 31.2. The van der Waals surface area contributed by atoms with E-state index in [9.17, 15) is 33.7 Å². The van der Waals surface area contributed by atoms with Crippen LogP contribution in [0, 0.1) is 6.92 Å². The van der Waals surface area contributed by atoms with Gasteiger partial charge in [0.25, 0.3) is 40.5 Å². The van der Waals surface area contributed by atoms with Crippen molar-refractivity contribution in [3.05, 3.63) is 172 Å². The molecule has 0 unspecified atom stereocenters. The van der Waals surface area contributed by atoms with Crippen LogP contribution in [0.3, 0.4) is 0 Å². The quantitative estimate of drug-likeness (QED) is 0.0108. The lowest BCUT2D eigenvalue weighted by Crippen LogP contribution is -2.22. The van der Waals surface area contributed by atoms with Crippen molar-refractivity contribution >= 4 is 144 Å². The van der Waals surface area contributed by atoms with Gasteiger partial charge in [0.05, 0.1) is 137 Å². The number of hydrogen-bond acceptors (Lipinski definition) is 20. The highest BCUT2D eigenvalue weighted by Gasteiger charge is 2.17. The molecule has 6 rings (SSSR count). The van der Waals surface area contributed by atoms with Gasteiger partial charge in [0.15, 0.2) is 5.96 Å². The van der Waals surface area contributed by atoms with Crippen molar-refractivity contribution in [3.63, 3.8) is 0 Å². The number of halogens is 5. The predicted octanol–water partition coefficient (Wildman–Crippen LogP) is 11.1. The normalized spacial score (nSPS) is 12.0. The smallest absolute Gasteiger partial charge is 0.296 e. The van der Waals surface area contributed by atoms with Crippen LogP contribution in [0.2, 0.25) is 0 Å². The van der Waals surface area contributed by atoms with E-state index in [1.165, 1.54) is 24.3 Å². The maximum atomic E-state index is 12.1. The molecular formula is C62H80Br5N9O16S4. The molecule has 25 nitrogen and oxygen atoms in total. The van der Waals surface area contributed by atoms with Crippen LogP contribution in [0.15, 0.2) is 173 Å². The number of rotatable bonds is 34. The van der Waals surface area contributed by atoms with Gasteiger partial charge < -0.3 is 47.6 Å². The minimum absolute atomic E-state index is 0.0264. The molecule has 0 saturated carbocycles. The number of benzene rings is 6. The Labute approximate surface area is 605 Å². The molecule has 10 N–H and O–H groups in total. The molecule has 0 atom stereocenters. The topological polar surface area (TPSA) is 390 Å². The lowest BCUT2D eigenvalue weighted by Gasteiger charge is -2.10. The van der Waals surface area contributed by atoms with Crippen LogP contribution in [0.1, 0.15) is 74.3 Å². The maximum Gasteiger partial charge on any atom is 0.296 e. The average molecular weight is 1740 g/mol. The molecule has 0 fully saturated rings. The Morgan fingerprint density at radius 2 is 0.625 bits per heavy atom. The minimum atomic E-state index is -3.77. The monoisotopic (exact) mass is 1730 g/mol. The first kappa shape index (κ1) is 84.5. The zero-order chi connectivity index (χ0) is 71.5. The van der Waals surface area contributed by atoms with Crippen LogP contribution >= 0.6 is 79.6 Å². The van der Waals surface area contributed by atoms with E-state index < -0.39 is 40.5 Å². The number of amidine groups is 3. The van der Waals surface area contributed by atoms with Crippen molar-refractivity contribution in [1.29, 1.82) is 0 Å². The molecule has 528 valence electrons. The Kier molecular flexibility index (Phi) is 38.4. The first-order chi connectivity index (χ1) is 45.1. The molecule has 0 aliphatic rings. The molecule has 96 heavy (non-hydrogen) atoms. The summed E-state index contributed by atoms with van der Waals surface area (Å²) in [7, 11) is -14.3. The fourth-order valence-electron chi connectivity index (χ4n) is 7.03. The number of ether oxygens (including phenoxy) is 4. The number of guanidine groups is 1. The fraction of sp³-hybridized carbons (Fsp3) is 0.355. The first-order valence-corrected chi connectivity index (χ1v) is 39.3. The molecule has 0 aliphatic heterocycles. The van der Waals surface area contributed by atoms with Crippen LogP contribution in [-0.2, 0) is 83.4 Å². The lowest BCUT2D eigenvalue weighted by atomic mass is 10.2. The van der Waals surface area contributed by atoms with E-state index in [-0.39, 0.29) is 42.2 Å². The van der Waals surface area contributed by atoms with E-state index in [4.69, 9.17) is 56.0 Å². The van der Waals surface area contributed by atoms with E-state index in [0.717, 1.165) is 62.7 Å². The standard InChI is InChI=1S/C19H23BrN2O4S.C17H19Br2N3O4S.2C13H19BrN2O4S/c1-14-4-7-17(8-5-14)27(23,24)26-11-3-10-25-19-9-6-16(12-18(19)20)13-22-15(2)21;18-13-3-5-14(6-4-13)27(23,24)26-9-1-8-25-16-7-2-12(10-15(16)19)11-22-17(20)21;2*1-10(15)16-9-11-4-5-13(12(14)8-11)19-6-3-7-20-21(2,17)18/h4-9,12H,3,10-11,13H2,1-2H3,(H2,21,22);2-7,10H,1,8-9,11H2,(H4,20,21,22);2*4-5,8H,3,6-7,9H2,1-2H3,(H2,15,16). The van der Waals surface area contributed by atoms with Crippen molar-refractivity contribution in [3.8, 4) is 23.0 Å². The highest BCUT2D eigenvalue weighted by molar-refractivity contribution is 9.11. The predicted molar refractivity (Wildman–Crippen MR) is 393 cm³/mol. The molecule has 0 aromatic heterocycles. The van der Waals surface area contributed by atoms with Crippen LogP contribution in [-0.4, -0.2) is 123 Å². The Morgan fingerprint density at radius 1 is 0.365 bits per heavy atom. The summed E-state index contributed by atoms with van der Waals surface area (Å²) in [5.74, 6) is 4.33. The minimum Gasteiger partial charge on any atom is -0.492 e. The summed E-state index contributed by atoms with van der Waals surface area (Å²) in [6.07, 6.45) is 3.87. The maximum absolute atomic E-state index is 12.1. The third-order valence-corrected chi connectivity index (χ3v) is 18.5. The van der Waals surface area contributed by atoms with E-state index in [2.05, 4.69) is 108 Å². The number of hydrogen-bond donors (Lipinski definition) is 5. The van der Waals surface area contributed by atoms with Crippen LogP contribution in [0.25, 0.3) is 0 Å². The van der Waals surface area contributed by atoms with Gasteiger partial charge in [-0.25, -0.2) is 4.99 Å². The summed E-state index contributed by atoms with van der Waals surface area (Å²) in [5.41, 5.74) is 32.1. The molecule has 0 spiro atoms. The van der Waals surface area contributed by atoms with Gasteiger partial charge in [0, 0.05) is 30.2 Å². The second-order valence-electron chi connectivity index (χ2n) is 20.4. The van der Waals surface area contributed by atoms with Gasteiger partial charge in [0.1, 0.15) is 23.0 Å². The van der Waals surface area contributed by atoms with Crippen LogP contribution in [0.5, 0.6) is 23.0 Å². The molecule has 6 aromatic rings. The molecule has 0 saturated heterocycles. The van der Waals surface area contributed by atoms with E-state index >= 15 is 0 Å². The highest BCUT2D eigenvalue weighted by atomic mass is 79.9. The van der Waals surface area contributed by atoms with E-state index in [1.54, 1.807) is 51.1 Å². The molecule has 34 heteroatoms. The van der Waals surface area contributed by atoms with Crippen molar-refractivity contribution in [1.82, 2.24) is 0 Å². The van der Waals surface area contributed by atoms with Gasteiger partial charge in [-0.1, -0.05) is 57.9 Å². The number of aryl methyl sites for hydroxylation is 1. The van der Waals surface area contributed by atoms with E-state index in [0.29, 0.717) is 119 Å². The summed E-state index contributed by atoms with van der Waals surface area (Å²) < 4.78 is 137. The number of nitrogens with two attached hydrogens (primary N) is 5. The second kappa shape index (κ2) is 43.6. The van der Waals surface area contributed by atoms with Crippen LogP contribution in [0.4, 0.5) is 0 Å². The largest absolute Gasteiger partial charge is 0.492 e. The Hall–Kier alpha value is -5.76. The molecule has 0 radical (unpaired) electrons. The van der Waals surface area contributed by atoms with Crippen molar-refractivity contribution < 1.29 is 69.4 Å². The van der Waals surface area contributed by atoms with Gasteiger partial charge in [-0.05, 0) is 199 Å². The zero-order valence-corrected chi connectivity index (χ0v) is 64.8. The average Bonchev–Trinajstić information content (AvgIpc) is 0.920. The van der Waals surface area contributed by atoms with Gasteiger partial charge in [-0.2, -0.15) is 33.7 Å². The fourth-order valence-corrected chi connectivity index (χ4v) is 12.2.